The van der Waals surface area contributed by atoms with Crippen LogP contribution in [0.3, 0.4) is 0 Å². The van der Waals surface area contributed by atoms with Crippen molar-refractivity contribution in [3.8, 4) is 0 Å². The molecule has 124 valence electrons. The van der Waals surface area contributed by atoms with Gasteiger partial charge in [-0.25, -0.2) is 9.78 Å². The zero-order chi connectivity index (χ0) is 16.6. The van der Waals surface area contributed by atoms with Gasteiger partial charge in [-0.05, 0) is 68.1 Å². The highest BCUT2D eigenvalue weighted by Crippen LogP contribution is 2.20. The Morgan fingerprint density at radius 2 is 2.09 bits per heavy atom. The number of unbranched alkanes of at least 4 members (excludes halogenated alkanes) is 1. The first kappa shape index (κ1) is 18.9. The van der Waals surface area contributed by atoms with Gasteiger partial charge in [0, 0.05) is 13.7 Å². The molecule has 0 aliphatic heterocycles. The Balaban J connectivity index is 2.71. The van der Waals surface area contributed by atoms with Crippen LogP contribution in [0.25, 0.3) is 0 Å². The molecule has 5 nitrogen and oxygen atoms in total. The van der Waals surface area contributed by atoms with Gasteiger partial charge in [0.15, 0.2) is 0 Å². The predicted molar refractivity (Wildman–Crippen MR) is 89.8 cm³/mol. The molecule has 0 spiro atoms. The molecule has 1 aromatic heterocycles. The monoisotopic (exact) mass is 372 g/mol. The number of alkyl carbamates (subject to hydrolysis) is 1. The Bertz CT molecular complexity index is 475. The van der Waals surface area contributed by atoms with Gasteiger partial charge in [-0.15, -0.1) is 0 Å². The van der Waals surface area contributed by atoms with Crippen LogP contribution in [0.2, 0.25) is 0 Å². The summed E-state index contributed by atoms with van der Waals surface area (Å²) in [5.41, 5.74) is 0.299. The van der Waals surface area contributed by atoms with E-state index in [0.29, 0.717) is 6.61 Å². The van der Waals surface area contributed by atoms with Crippen LogP contribution in [0.4, 0.5) is 4.79 Å². The highest BCUT2D eigenvalue weighted by molar-refractivity contribution is 9.10. The van der Waals surface area contributed by atoms with E-state index in [4.69, 9.17) is 9.47 Å². The number of nitrogens with zero attached hydrogens (tertiary/aromatic N) is 1. The summed E-state index contributed by atoms with van der Waals surface area (Å²) in [6, 6.07) is 5.50. The summed E-state index contributed by atoms with van der Waals surface area (Å²) in [4.78, 5) is 16.5. The maximum Gasteiger partial charge on any atom is 0.408 e. The lowest BCUT2D eigenvalue weighted by Gasteiger charge is -2.23. The van der Waals surface area contributed by atoms with Crippen molar-refractivity contribution in [2.24, 2.45) is 0 Å². The third-order valence-electron chi connectivity index (χ3n) is 2.88. The number of carbonyl (C=O) groups excluding carboxylic acids is 1. The number of nitrogens with one attached hydrogen (secondary N) is 1. The fourth-order valence-electron chi connectivity index (χ4n) is 1.96. The second kappa shape index (κ2) is 9.10. The lowest BCUT2D eigenvalue weighted by atomic mass is 10.1. The maximum atomic E-state index is 12.0. The fraction of sp³-hybridized carbons (Fsp3) is 0.625. The van der Waals surface area contributed by atoms with Gasteiger partial charge in [-0.2, -0.15) is 0 Å². The van der Waals surface area contributed by atoms with Crippen LogP contribution in [0.5, 0.6) is 0 Å². The van der Waals surface area contributed by atoms with Crippen LogP contribution in [-0.2, 0) is 9.47 Å². The molecular weight excluding hydrogens is 348 g/mol. The zero-order valence-corrected chi connectivity index (χ0v) is 15.3. The molecule has 0 aliphatic carbocycles. The number of hydrogen-bond acceptors (Lipinski definition) is 4. The summed E-state index contributed by atoms with van der Waals surface area (Å²) >= 11 is 3.36. The molecule has 0 fully saturated rings. The van der Waals surface area contributed by atoms with Crippen molar-refractivity contribution in [1.82, 2.24) is 10.3 Å². The molecule has 0 bridgehead atoms. The molecule has 0 saturated heterocycles. The van der Waals surface area contributed by atoms with Crippen molar-refractivity contribution in [2.75, 3.05) is 13.7 Å². The van der Waals surface area contributed by atoms with Crippen LogP contribution < -0.4 is 5.32 Å². The maximum absolute atomic E-state index is 12.0. The summed E-state index contributed by atoms with van der Waals surface area (Å²) in [5.74, 6) is 0. The van der Waals surface area contributed by atoms with Crippen LogP contribution >= 0.6 is 15.9 Å². The van der Waals surface area contributed by atoms with E-state index in [-0.39, 0.29) is 6.04 Å². The van der Waals surface area contributed by atoms with E-state index in [1.807, 2.05) is 39.0 Å². The van der Waals surface area contributed by atoms with Crippen LogP contribution in [0.15, 0.2) is 22.8 Å². The van der Waals surface area contributed by atoms with Gasteiger partial charge < -0.3 is 14.8 Å². The third-order valence-corrected chi connectivity index (χ3v) is 3.32. The van der Waals surface area contributed by atoms with Crippen molar-refractivity contribution in [2.45, 2.75) is 51.7 Å². The zero-order valence-electron chi connectivity index (χ0n) is 13.7. The van der Waals surface area contributed by atoms with E-state index in [1.54, 1.807) is 7.11 Å². The van der Waals surface area contributed by atoms with E-state index in [1.165, 1.54) is 0 Å². The van der Waals surface area contributed by atoms with Crippen LogP contribution in [0, 0.1) is 0 Å². The Morgan fingerprint density at radius 1 is 1.36 bits per heavy atom. The average Bonchev–Trinajstić information content (AvgIpc) is 2.40. The lowest BCUT2D eigenvalue weighted by Crippen LogP contribution is -2.35. The second-order valence-corrected chi connectivity index (χ2v) is 6.89. The van der Waals surface area contributed by atoms with Gasteiger partial charge in [-0.3, -0.25) is 0 Å². The summed E-state index contributed by atoms with van der Waals surface area (Å²) < 4.78 is 11.1. The molecule has 0 aliphatic rings. The highest BCUT2D eigenvalue weighted by Gasteiger charge is 2.21. The first-order chi connectivity index (χ1) is 10.3. The minimum atomic E-state index is -0.518. The van der Waals surface area contributed by atoms with E-state index in [9.17, 15) is 4.79 Å². The van der Waals surface area contributed by atoms with E-state index < -0.39 is 11.7 Å². The molecule has 0 aromatic carbocycles. The number of carbonyl (C=O) groups is 1. The van der Waals surface area contributed by atoms with Gasteiger partial charge in [-0.1, -0.05) is 6.07 Å². The summed E-state index contributed by atoms with van der Waals surface area (Å²) in [5, 5.41) is 2.91. The molecule has 1 atom stereocenters. The molecule has 0 saturated carbocycles. The molecular formula is C16H25BrN2O3. The Labute approximate surface area is 140 Å². The van der Waals surface area contributed by atoms with Crippen molar-refractivity contribution < 1.29 is 14.3 Å². The molecule has 1 N–H and O–H groups in total. The first-order valence-corrected chi connectivity index (χ1v) is 8.22. The fourth-order valence-corrected chi connectivity index (χ4v) is 2.31. The van der Waals surface area contributed by atoms with E-state index >= 15 is 0 Å². The Hall–Kier alpha value is -1.14. The lowest BCUT2D eigenvalue weighted by molar-refractivity contribution is 0.0498. The van der Waals surface area contributed by atoms with Crippen LogP contribution in [0.1, 0.15) is 51.8 Å². The number of hydrogen-bond donors (Lipinski definition) is 1. The number of aromatic nitrogens is 1. The Kier molecular flexibility index (Phi) is 7.82. The number of methoxy groups -OCH3 is 1. The smallest absolute Gasteiger partial charge is 0.408 e. The molecule has 0 radical (unpaired) electrons. The molecule has 1 heterocycles. The van der Waals surface area contributed by atoms with Crippen molar-refractivity contribution in [1.29, 1.82) is 0 Å². The highest BCUT2D eigenvalue weighted by atomic mass is 79.9. The third kappa shape index (κ3) is 7.75. The molecule has 1 aromatic rings. The largest absolute Gasteiger partial charge is 0.444 e. The minimum absolute atomic E-state index is 0.177. The quantitative estimate of drug-likeness (QED) is 0.574. The van der Waals surface area contributed by atoms with Crippen molar-refractivity contribution in [3.05, 3.63) is 28.5 Å². The van der Waals surface area contributed by atoms with Crippen molar-refractivity contribution >= 4 is 22.0 Å². The number of ether oxygens (including phenoxy) is 2. The van der Waals surface area contributed by atoms with Gasteiger partial charge in [0.1, 0.15) is 10.2 Å². The predicted octanol–water partition coefficient (Wildman–Crippen LogP) is 4.23. The number of rotatable bonds is 7. The molecule has 6 heteroatoms. The van der Waals surface area contributed by atoms with E-state index in [2.05, 4.69) is 26.2 Å². The Morgan fingerprint density at radius 3 is 2.68 bits per heavy atom. The standard InChI is InChI=1S/C16H25BrN2O3/c1-16(2,3)22-15(20)19-13(8-5-6-11-21-4)12-9-7-10-14(17)18-12/h7,9-10,13H,5-6,8,11H2,1-4H3,(H,19,20)/t13-/m0/s1. The second-order valence-electron chi connectivity index (χ2n) is 6.07. The number of amides is 1. The molecule has 22 heavy (non-hydrogen) atoms. The van der Waals surface area contributed by atoms with Crippen LogP contribution in [-0.4, -0.2) is 30.4 Å². The minimum Gasteiger partial charge on any atom is -0.444 e. The summed E-state index contributed by atoms with van der Waals surface area (Å²) in [7, 11) is 1.69. The number of halogens is 1. The molecule has 1 rings (SSSR count). The van der Waals surface area contributed by atoms with Gasteiger partial charge in [0.2, 0.25) is 0 Å². The SMILES string of the molecule is COCCCC[C@H](NC(=O)OC(C)(C)C)c1cccc(Br)n1. The summed E-state index contributed by atoms with van der Waals surface area (Å²) in [6.07, 6.45) is 2.23. The number of pyridine rings is 1. The normalized spacial score (nSPS) is 12.8. The average molecular weight is 373 g/mol. The first-order valence-electron chi connectivity index (χ1n) is 7.43. The van der Waals surface area contributed by atoms with E-state index in [0.717, 1.165) is 29.6 Å². The van der Waals surface area contributed by atoms with Gasteiger partial charge in [0.25, 0.3) is 0 Å². The van der Waals surface area contributed by atoms with Gasteiger partial charge >= 0.3 is 6.09 Å². The van der Waals surface area contributed by atoms with Gasteiger partial charge in [0.05, 0.1) is 11.7 Å². The molecule has 0 unspecified atom stereocenters. The summed E-state index contributed by atoms with van der Waals surface area (Å²) in [6.45, 7) is 6.25. The molecule has 1 amide bonds. The topological polar surface area (TPSA) is 60.5 Å². The van der Waals surface area contributed by atoms with Crippen molar-refractivity contribution in [3.63, 3.8) is 0 Å².